The monoisotopic (exact) mass is 500 g/mol. The van der Waals surface area contributed by atoms with E-state index < -0.39 is 20.2 Å². The lowest BCUT2D eigenvalue weighted by Gasteiger charge is -2.32. The zero-order valence-corrected chi connectivity index (χ0v) is 20.0. The first-order chi connectivity index (χ1) is 15.0. The average molecular weight is 501 g/mol. The van der Waals surface area contributed by atoms with Gasteiger partial charge in [-0.25, -0.2) is 8.42 Å². The molecule has 1 amide bonds. The number of anilines is 2. The molecule has 1 saturated heterocycles. The standard InChI is InChI=1S/C20H25ClN4O5S2/c1-24(2)32(29,30)25-12-10-15(11-13-25)20(26)22-17-6-8-19(9-7-17)31(27,28)23-18-5-3-4-16(21)14-18/h3-9,14-15,23H,10-13H2,1-2H3,(H,22,26). The van der Waals surface area contributed by atoms with E-state index in [1.807, 2.05) is 0 Å². The highest BCUT2D eigenvalue weighted by molar-refractivity contribution is 7.92. The summed E-state index contributed by atoms with van der Waals surface area (Å²) in [6.07, 6.45) is 0.823. The van der Waals surface area contributed by atoms with Gasteiger partial charge in [-0.3, -0.25) is 9.52 Å². The van der Waals surface area contributed by atoms with E-state index in [1.165, 1.54) is 48.7 Å². The lowest BCUT2D eigenvalue weighted by molar-refractivity contribution is -0.120. The van der Waals surface area contributed by atoms with Crippen molar-refractivity contribution >= 4 is 49.1 Å². The van der Waals surface area contributed by atoms with Crippen LogP contribution in [0.25, 0.3) is 0 Å². The Labute approximate surface area is 193 Å². The van der Waals surface area contributed by atoms with Gasteiger partial charge < -0.3 is 5.32 Å². The molecule has 12 heteroatoms. The van der Waals surface area contributed by atoms with Crippen LogP contribution in [0.15, 0.2) is 53.4 Å². The maximum absolute atomic E-state index is 12.6. The molecule has 2 N–H and O–H groups in total. The zero-order valence-electron chi connectivity index (χ0n) is 17.7. The number of carbonyl (C=O) groups is 1. The molecule has 0 unspecified atom stereocenters. The highest BCUT2D eigenvalue weighted by Crippen LogP contribution is 2.24. The second-order valence-corrected chi connectivity index (χ2v) is 11.9. The third kappa shape index (κ3) is 5.78. The van der Waals surface area contributed by atoms with Gasteiger partial charge in [-0.1, -0.05) is 17.7 Å². The summed E-state index contributed by atoms with van der Waals surface area (Å²) in [5, 5.41) is 3.18. The van der Waals surface area contributed by atoms with E-state index in [-0.39, 0.29) is 29.8 Å². The number of rotatable bonds is 7. The third-order valence-corrected chi connectivity index (χ3v) is 8.69. The third-order valence-electron chi connectivity index (χ3n) is 5.12. The Hall–Kier alpha value is -2.18. The number of hydrogen-bond acceptors (Lipinski definition) is 5. The Morgan fingerprint density at radius 2 is 1.62 bits per heavy atom. The van der Waals surface area contributed by atoms with Crippen LogP contribution in [0.2, 0.25) is 5.02 Å². The number of piperidine rings is 1. The summed E-state index contributed by atoms with van der Waals surface area (Å²) in [4.78, 5) is 12.6. The van der Waals surface area contributed by atoms with Crippen LogP contribution >= 0.6 is 11.6 Å². The van der Waals surface area contributed by atoms with Crippen LogP contribution < -0.4 is 10.0 Å². The molecule has 0 radical (unpaired) electrons. The minimum Gasteiger partial charge on any atom is -0.326 e. The highest BCUT2D eigenvalue weighted by atomic mass is 35.5. The van der Waals surface area contributed by atoms with E-state index in [0.717, 1.165) is 4.31 Å². The van der Waals surface area contributed by atoms with Crippen LogP contribution in [-0.4, -0.2) is 58.5 Å². The summed E-state index contributed by atoms with van der Waals surface area (Å²) in [6, 6.07) is 12.2. The number of hydrogen-bond donors (Lipinski definition) is 2. The summed E-state index contributed by atoms with van der Waals surface area (Å²) < 4.78 is 54.5. The van der Waals surface area contributed by atoms with Crippen LogP contribution in [-0.2, 0) is 25.0 Å². The second-order valence-electron chi connectivity index (χ2n) is 7.59. The van der Waals surface area contributed by atoms with Crippen molar-refractivity contribution in [2.75, 3.05) is 37.2 Å². The lowest BCUT2D eigenvalue weighted by atomic mass is 9.97. The summed E-state index contributed by atoms with van der Waals surface area (Å²) in [7, 11) is -4.35. The van der Waals surface area contributed by atoms with Crippen LogP contribution in [0, 0.1) is 5.92 Å². The molecule has 2 aromatic rings. The van der Waals surface area contributed by atoms with Gasteiger partial charge in [0.2, 0.25) is 5.91 Å². The van der Waals surface area contributed by atoms with Crippen molar-refractivity contribution < 1.29 is 21.6 Å². The molecule has 32 heavy (non-hydrogen) atoms. The van der Waals surface area contributed by atoms with Crippen LogP contribution in [0.4, 0.5) is 11.4 Å². The van der Waals surface area contributed by atoms with Crippen molar-refractivity contribution in [2.45, 2.75) is 17.7 Å². The van der Waals surface area contributed by atoms with Gasteiger partial charge in [-0.05, 0) is 55.3 Å². The summed E-state index contributed by atoms with van der Waals surface area (Å²) in [6.45, 7) is 0.538. The zero-order chi connectivity index (χ0) is 23.5. The molecule has 0 aliphatic carbocycles. The maximum Gasteiger partial charge on any atom is 0.281 e. The van der Waals surface area contributed by atoms with E-state index in [0.29, 0.717) is 29.2 Å². The summed E-state index contributed by atoms with van der Waals surface area (Å²) >= 11 is 5.89. The number of carbonyl (C=O) groups excluding carboxylic acids is 1. The molecule has 9 nitrogen and oxygen atoms in total. The van der Waals surface area contributed by atoms with Gasteiger partial charge >= 0.3 is 0 Å². The number of nitrogens with zero attached hydrogens (tertiary/aromatic N) is 2. The minimum atomic E-state index is -3.81. The average Bonchev–Trinajstić information content (AvgIpc) is 2.74. The fourth-order valence-electron chi connectivity index (χ4n) is 3.31. The normalized spacial score (nSPS) is 16.1. The molecule has 1 aliphatic heterocycles. The Kier molecular flexibility index (Phi) is 7.46. The first-order valence-electron chi connectivity index (χ1n) is 9.86. The van der Waals surface area contributed by atoms with Crippen LogP contribution in [0.3, 0.4) is 0 Å². The van der Waals surface area contributed by atoms with E-state index in [2.05, 4.69) is 10.0 Å². The molecular formula is C20H25ClN4O5S2. The minimum absolute atomic E-state index is 0.0395. The molecular weight excluding hydrogens is 476 g/mol. The van der Waals surface area contributed by atoms with Gasteiger partial charge in [0.25, 0.3) is 20.2 Å². The smallest absolute Gasteiger partial charge is 0.281 e. The summed E-state index contributed by atoms with van der Waals surface area (Å²) in [5.41, 5.74) is 0.803. The topological polar surface area (TPSA) is 116 Å². The van der Waals surface area contributed by atoms with Crippen LogP contribution in [0.5, 0.6) is 0 Å². The number of sulfonamides is 1. The van der Waals surface area contributed by atoms with Gasteiger partial charge in [0, 0.05) is 43.8 Å². The fraction of sp³-hybridized carbons (Fsp3) is 0.350. The number of benzene rings is 2. The van der Waals surface area contributed by atoms with Crippen molar-refractivity contribution in [1.29, 1.82) is 0 Å². The van der Waals surface area contributed by atoms with Gasteiger partial charge in [0.15, 0.2) is 0 Å². The molecule has 0 spiro atoms. The van der Waals surface area contributed by atoms with Crippen molar-refractivity contribution in [3.63, 3.8) is 0 Å². The summed E-state index contributed by atoms with van der Waals surface area (Å²) in [5.74, 6) is -0.545. The molecule has 2 aromatic carbocycles. The lowest BCUT2D eigenvalue weighted by Crippen LogP contribution is -2.46. The molecule has 0 saturated carbocycles. The van der Waals surface area contributed by atoms with Crippen molar-refractivity contribution in [3.8, 4) is 0 Å². The quantitative estimate of drug-likeness (QED) is 0.606. The first kappa shape index (κ1) is 24.5. The largest absolute Gasteiger partial charge is 0.326 e. The molecule has 0 atom stereocenters. The van der Waals surface area contributed by atoms with E-state index in [4.69, 9.17) is 11.6 Å². The number of nitrogens with one attached hydrogen (secondary N) is 2. The molecule has 3 rings (SSSR count). The molecule has 174 valence electrons. The van der Waals surface area contributed by atoms with Gasteiger partial charge in [0.05, 0.1) is 10.6 Å². The molecule has 1 fully saturated rings. The molecule has 1 aliphatic rings. The Morgan fingerprint density at radius 1 is 1.00 bits per heavy atom. The fourth-order valence-corrected chi connectivity index (χ4v) is 5.68. The van der Waals surface area contributed by atoms with E-state index in [1.54, 1.807) is 18.2 Å². The first-order valence-corrected chi connectivity index (χ1v) is 13.1. The molecule has 0 bridgehead atoms. The predicted molar refractivity (Wildman–Crippen MR) is 124 cm³/mol. The highest BCUT2D eigenvalue weighted by Gasteiger charge is 2.32. The Morgan fingerprint density at radius 3 is 2.19 bits per heavy atom. The van der Waals surface area contributed by atoms with E-state index in [9.17, 15) is 21.6 Å². The van der Waals surface area contributed by atoms with Crippen molar-refractivity contribution in [2.24, 2.45) is 5.92 Å². The maximum atomic E-state index is 12.6. The SMILES string of the molecule is CN(C)S(=O)(=O)N1CCC(C(=O)Nc2ccc(S(=O)(=O)Nc3cccc(Cl)c3)cc2)CC1. The van der Waals surface area contributed by atoms with Crippen molar-refractivity contribution in [1.82, 2.24) is 8.61 Å². The number of halogens is 1. The van der Waals surface area contributed by atoms with Gasteiger partial charge in [-0.15, -0.1) is 0 Å². The second kappa shape index (κ2) is 9.75. The van der Waals surface area contributed by atoms with Gasteiger partial charge in [0.1, 0.15) is 0 Å². The number of amides is 1. The Balaban J connectivity index is 1.59. The predicted octanol–water partition coefficient (Wildman–Crippen LogP) is 2.60. The Bertz CT molecular complexity index is 1180. The van der Waals surface area contributed by atoms with Gasteiger partial charge in [-0.2, -0.15) is 17.0 Å². The van der Waals surface area contributed by atoms with E-state index >= 15 is 0 Å². The van der Waals surface area contributed by atoms with Crippen LogP contribution in [0.1, 0.15) is 12.8 Å². The molecule has 1 heterocycles. The van der Waals surface area contributed by atoms with Crippen molar-refractivity contribution in [3.05, 3.63) is 53.6 Å². The molecule has 0 aromatic heterocycles.